The summed E-state index contributed by atoms with van der Waals surface area (Å²) in [5, 5.41) is 13.6. The van der Waals surface area contributed by atoms with E-state index in [0.717, 1.165) is 37.1 Å². The summed E-state index contributed by atoms with van der Waals surface area (Å²) < 4.78 is 3.76. The van der Waals surface area contributed by atoms with Crippen LogP contribution in [-0.2, 0) is 5.75 Å². The van der Waals surface area contributed by atoms with Crippen LogP contribution < -0.4 is 0 Å². The van der Waals surface area contributed by atoms with Gasteiger partial charge in [0.1, 0.15) is 5.15 Å². The van der Waals surface area contributed by atoms with Crippen molar-refractivity contribution in [3.8, 4) is 5.69 Å². The zero-order valence-electron chi connectivity index (χ0n) is 12.7. The Kier molecular flexibility index (Phi) is 5.63. The highest BCUT2D eigenvalue weighted by Gasteiger charge is 2.16. The number of aryl methyl sites for hydroxylation is 1. The Balaban J connectivity index is 1.76. The molecule has 2 heterocycles. The van der Waals surface area contributed by atoms with Gasteiger partial charge in [0.2, 0.25) is 0 Å². The molecule has 0 spiro atoms. The maximum atomic E-state index is 6.54. The SMILES string of the molecule is CCSc1nnc(SCc2c(C)nn(-c3ccccc3)c2Cl)s1. The molecule has 0 fully saturated rings. The zero-order valence-corrected chi connectivity index (χ0v) is 15.9. The first-order valence-electron chi connectivity index (χ1n) is 7.07. The number of para-hydroxylation sites is 1. The van der Waals surface area contributed by atoms with Crippen molar-refractivity contribution < 1.29 is 0 Å². The van der Waals surface area contributed by atoms with E-state index >= 15 is 0 Å². The summed E-state index contributed by atoms with van der Waals surface area (Å²) >= 11 is 11.5. The Morgan fingerprint density at radius 3 is 2.52 bits per heavy atom. The van der Waals surface area contributed by atoms with Crippen LogP contribution in [0.4, 0.5) is 0 Å². The van der Waals surface area contributed by atoms with E-state index in [-0.39, 0.29) is 0 Å². The van der Waals surface area contributed by atoms with Crippen molar-refractivity contribution in [3.05, 3.63) is 46.7 Å². The highest BCUT2D eigenvalue weighted by molar-refractivity contribution is 8.02. The molecule has 4 nitrogen and oxygen atoms in total. The normalized spacial score (nSPS) is 11.1. The lowest BCUT2D eigenvalue weighted by Gasteiger charge is -2.02. The predicted molar refractivity (Wildman–Crippen MR) is 99.2 cm³/mol. The number of hydrogen-bond donors (Lipinski definition) is 0. The van der Waals surface area contributed by atoms with Crippen LogP contribution in [-0.4, -0.2) is 25.7 Å². The topological polar surface area (TPSA) is 43.6 Å². The molecule has 1 aromatic carbocycles. The van der Waals surface area contributed by atoms with Gasteiger partial charge in [-0.15, -0.1) is 10.2 Å². The summed E-state index contributed by atoms with van der Waals surface area (Å²) in [5.41, 5.74) is 2.95. The van der Waals surface area contributed by atoms with Gasteiger partial charge in [0.05, 0.1) is 11.4 Å². The van der Waals surface area contributed by atoms with E-state index < -0.39 is 0 Å². The van der Waals surface area contributed by atoms with Crippen molar-refractivity contribution in [2.45, 2.75) is 28.3 Å². The Labute approximate surface area is 152 Å². The smallest absolute Gasteiger partial charge is 0.175 e. The van der Waals surface area contributed by atoms with Crippen molar-refractivity contribution in [3.63, 3.8) is 0 Å². The molecule has 3 rings (SSSR count). The molecule has 0 radical (unpaired) electrons. The Morgan fingerprint density at radius 1 is 1.13 bits per heavy atom. The molecular weight excluding hydrogens is 368 g/mol. The fourth-order valence-corrected chi connectivity index (χ4v) is 5.43. The molecule has 23 heavy (non-hydrogen) atoms. The standard InChI is InChI=1S/C15H15ClN4S3/c1-3-21-14-17-18-15(23-14)22-9-12-10(2)19-20(13(12)16)11-7-5-4-6-8-11/h4-8H,3,9H2,1-2H3. The largest absolute Gasteiger partial charge is 0.222 e. The summed E-state index contributed by atoms with van der Waals surface area (Å²) in [6.45, 7) is 4.10. The Bertz CT molecular complexity index is 785. The van der Waals surface area contributed by atoms with Crippen LogP contribution in [0.5, 0.6) is 0 Å². The van der Waals surface area contributed by atoms with E-state index in [9.17, 15) is 0 Å². The maximum absolute atomic E-state index is 6.54. The average molecular weight is 383 g/mol. The number of aromatic nitrogens is 4. The highest BCUT2D eigenvalue weighted by atomic mass is 35.5. The van der Waals surface area contributed by atoms with Gasteiger partial charge >= 0.3 is 0 Å². The molecule has 8 heteroatoms. The molecule has 0 saturated carbocycles. The van der Waals surface area contributed by atoms with Crippen LogP contribution in [0, 0.1) is 6.92 Å². The predicted octanol–water partition coefficient (Wildman–Crippen LogP) is 5.09. The van der Waals surface area contributed by atoms with E-state index in [1.165, 1.54) is 0 Å². The minimum Gasteiger partial charge on any atom is -0.222 e. The number of thioether (sulfide) groups is 2. The minimum atomic E-state index is 0.661. The van der Waals surface area contributed by atoms with Gasteiger partial charge < -0.3 is 0 Å². The van der Waals surface area contributed by atoms with Crippen LogP contribution in [0.2, 0.25) is 5.15 Å². The first kappa shape index (κ1) is 16.8. The lowest BCUT2D eigenvalue weighted by atomic mass is 10.3. The molecule has 0 aliphatic rings. The molecule has 0 saturated heterocycles. The molecule has 0 aliphatic carbocycles. The van der Waals surface area contributed by atoms with Gasteiger partial charge in [-0.05, 0) is 24.8 Å². The van der Waals surface area contributed by atoms with Crippen molar-refractivity contribution >= 4 is 46.5 Å². The summed E-state index contributed by atoms with van der Waals surface area (Å²) in [6.07, 6.45) is 0. The zero-order chi connectivity index (χ0) is 16.2. The molecule has 120 valence electrons. The molecule has 0 aliphatic heterocycles. The van der Waals surface area contributed by atoms with Gasteiger partial charge in [0.25, 0.3) is 0 Å². The van der Waals surface area contributed by atoms with Crippen LogP contribution in [0.15, 0.2) is 39.0 Å². The summed E-state index contributed by atoms with van der Waals surface area (Å²) in [6, 6.07) is 9.92. The van der Waals surface area contributed by atoms with Crippen LogP contribution in [0.25, 0.3) is 5.69 Å². The number of rotatable bonds is 6. The molecule has 2 aromatic heterocycles. The second-order valence-corrected chi connectivity index (χ2v) is 8.73. The Hall–Kier alpha value is -1.02. The van der Waals surface area contributed by atoms with Crippen LogP contribution >= 0.6 is 46.5 Å². The third kappa shape index (κ3) is 3.91. The van der Waals surface area contributed by atoms with E-state index in [1.807, 2.05) is 37.3 Å². The number of nitrogens with zero attached hydrogens (tertiary/aromatic N) is 4. The molecule has 0 atom stereocenters. The van der Waals surface area contributed by atoms with E-state index in [1.54, 1.807) is 39.5 Å². The van der Waals surface area contributed by atoms with Gasteiger partial charge in [0.15, 0.2) is 8.68 Å². The fourth-order valence-electron chi connectivity index (χ4n) is 2.01. The number of benzene rings is 1. The van der Waals surface area contributed by atoms with Gasteiger partial charge in [-0.25, -0.2) is 4.68 Å². The molecule has 3 aromatic rings. The summed E-state index contributed by atoms with van der Waals surface area (Å²) in [4.78, 5) is 0. The lowest BCUT2D eigenvalue weighted by molar-refractivity contribution is 0.863. The van der Waals surface area contributed by atoms with E-state index in [0.29, 0.717) is 5.15 Å². The highest BCUT2D eigenvalue weighted by Crippen LogP contribution is 2.33. The van der Waals surface area contributed by atoms with Crippen molar-refractivity contribution in [2.75, 3.05) is 5.75 Å². The summed E-state index contributed by atoms with van der Waals surface area (Å²) in [5.74, 6) is 1.75. The van der Waals surface area contributed by atoms with Crippen molar-refractivity contribution in [2.24, 2.45) is 0 Å². The molecule has 0 N–H and O–H groups in total. The fraction of sp³-hybridized carbons (Fsp3) is 0.267. The van der Waals surface area contributed by atoms with Crippen LogP contribution in [0.3, 0.4) is 0 Å². The quantitative estimate of drug-likeness (QED) is 0.555. The third-order valence-electron chi connectivity index (χ3n) is 3.12. The summed E-state index contributed by atoms with van der Waals surface area (Å²) in [7, 11) is 0. The van der Waals surface area contributed by atoms with Gasteiger partial charge in [-0.3, -0.25) is 0 Å². The first-order valence-corrected chi connectivity index (χ1v) is 10.2. The van der Waals surface area contributed by atoms with Gasteiger partial charge in [-0.2, -0.15) is 5.10 Å². The molecular formula is C15H15ClN4S3. The van der Waals surface area contributed by atoms with Crippen LogP contribution in [0.1, 0.15) is 18.2 Å². The van der Waals surface area contributed by atoms with E-state index in [2.05, 4.69) is 22.2 Å². The second kappa shape index (κ2) is 7.70. The number of hydrogen-bond acceptors (Lipinski definition) is 6. The first-order chi connectivity index (χ1) is 11.2. The molecule has 0 bridgehead atoms. The minimum absolute atomic E-state index is 0.661. The molecule has 0 amide bonds. The molecule has 0 unspecified atom stereocenters. The van der Waals surface area contributed by atoms with E-state index in [4.69, 9.17) is 11.6 Å². The maximum Gasteiger partial charge on any atom is 0.175 e. The van der Waals surface area contributed by atoms with Gasteiger partial charge in [-0.1, -0.05) is 71.6 Å². The lowest BCUT2D eigenvalue weighted by Crippen LogP contribution is -1.95. The monoisotopic (exact) mass is 382 g/mol. The number of halogens is 1. The van der Waals surface area contributed by atoms with Crippen molar-refractivity contribution in [1.82, 2.24) is 20.0 Å². The third-order valence-corrected chi connectivity index (χ3v) is 6.60. The Morgan fingerprint density at radius 2 is 1.83 bits per heavy atom. The van der Waals surface area contributed by atoms with Gasteiger partial charge in [0, 0.05) is 11.3 Å². The average Bonchev–Trinajstić information content (AvgIpc) is 3.12. The van der Waals surface area contributed by atoms with Crippen molar-refractivity contribution in [1.29, 1.82) is 0 Å². The second-order valence-electron chi connectivity index (χ2n) is 4.66.